The van der Waals surface area contributed by atoms with Crippen molar-refractivity contribution in [1.29, 1.82) is 0 Å². The van der Waals surface area contributed by atoms with Crippen molar-refractivity contribution >= 4 is 5.78 Å². The fourth-order valence-electron chi connectivity index (χ4n) is 1.75. The molecule has 0 radical (unpaired) electrons. The molecule has 2 nitrogen and oxygen atoms in total. The maximum Gasteiger partial charge on any atom is 0.181 e. The van der Waals surface area contributed by atoms with Gasteiger partial charge in [-0.15, -0.1) is 0 Å². The van der Waals surface area contributed by atoms with Crippen LogP contribution in [-0.2, 0) is 0 Å². The largest absolute Gasteiger partial charge is 0.381 e. The lowest BCUT2D eigenvalue weighted by molar-refractivity contribution is 0.0994. The molecule has 0 atom stereocenters. The first-order chi connectivity index (χ1) is 7.36. The minimum atomic E-state index is 0.156. The summed E-state index contributed by atoms with van der Waals surface area (Å²) in [6.07, 6.45) is 5.62. The van der Waals surface area contributed by atoms with Gasteiger partial charge in [-0.05, 0) is 19.3 Å². The van der Waals surface area contributed by atoms with Gasteiger partial charge in [-0.2, -0.15) is 0 Å². The third-order valence-electron chi connectivity index (χ3n) is 2.61. The van der Waals surface area contributed by atoms with Crippen molar-refractivity contribution < 1.29 is 4.79 Å². The number of rotatable bonds is 4. The molecule has 1 N–H and O–H groups in total. The van der Waals surface area contributed by atoms with Crippen LogP contribution in [0, 0.1) is 0 Å². The highest BCUT2D eigenvalue weighted by Gasteiger charge is 2.07. The molecule has 0 unspecified atom stereocenters. The number of nitrogens with one attached hydrogen (secondary N) is 1. The van der Waals surface area contributed by atoms with Crippen LogP contribution < -0.4 is 5.32 Å². The summed E-state index contributed by atoms with van der Waals surface area (Å²) in [6.45, 7) is 0.413. The summed E-state index contributed by atoms with van der Waals surface area (Å²) in [4.78, 5) is 11.7. The summed E-state index contributed by atoms with van der Waals surface area (Å²) in [5.74, 6) is 0.156. The first-order valence-corrected chi connectivity index (χ1v) is 5.37. The Morgan fingerprint density at radius 2 is 2.07 bits per heavy atom. The van der Waals surface area contributed by atoms with Crippen LogP contribution in [0.15, 0.2) is 42.1 Å². The molecule has 0 fully saturated rings. The number of hydrogen-bond donors (Lipinski definition) is 1. The lowest BCUT2D eigenvalue weighted by Crippen LogP contribution is -2.21. The molecule has 1 aliphatic rings. The zero-order chi connectivity index (χ0) is 10.5. The Kier molecular flexibility index (Phi) is 3.18. The molecule has 0 saturated heterocycles. The van der Waals surface area contributed by atoms with E-state index in [0.717, 1.165) is 18.4 Å². The van der Waals surface area contributed by atoms with Gasteiger partial charge in [-0.3, -0.25) is 4.79 Å². The minimum absolute atomic E-state index is 0.156. The van der Waals surface area contributed by atoms with Crippen molar-refractivity contribution in [2.24, 2.45) is 0 Å². The summed E-state index contributed by atoms with van der Waals surface area (Å²) < 4.78 is 0. The van der Waals surface area contributed by atoms with Crippen molar-refractivity contribution in [2.75, 3.05) is 6.54 Å². The van der Waals surface area contributed by atoms with Crippen molar-refractivity contribution in [3.8, 4) is 0 Å². The average Bonchev–Trinajstić information content (AvgIpc) is 2.80. The van der Waals surface area contributed by atoms with Crippen molar-refractivity contribution in [1.82, 2.24) is 5.32 Å². The highest BCUT2D eigenvalue weighted by Crippen LogP contribution is 2.14. The van der Waals surface area contributed by atoms with E-state index >= 15 is 0 Å². The summed E-state index contributed by atoms with van der Waals surface area (Å²) >= 11 is 0. The van der Waals surface area contributed by atoms with Crippen LogP contribution in [0.25, 0.3) is 0 Å². The van der Waals surface area contributed by atoms with E-state index in [1.807, 2.05) is 30.3 Å². The Labute approximate surface area is 90.0 Å². The number of allylic oxidation sites excluding steroid dienone is 2. The minimum Gasteiger partial charge on any atom is -0.381 e. The van der Waals surface area contributed by atoms with Crippen LogP contribution in [0.2, 0.25) is 0 Å². The maximum atomic E-state index is 11.7. The smallest absolute Gasteiger partial charge is 0.181 e. The molecule has 0 bridgehead atoms. The molecule has 0 amide bonds. The number of ketones is 1. The third-order valence-corrected chi connectivity index (χ3v) is 2.61. The van der Waals surface area contributed by atoms with Crippen molar-refractivity contribution in [3.63, 3.8) is 0 Å². The molecule has 0 aromatic heterocycles. The molecule has 78 valence electrons. The predicted molar refractivity (Wildman–Crippen MR) is 60.7 cm³/mol. The lowest BCUT2D eigenvalue weighted by Gasteiger charge is -2.05. The quantitative estimate of drug-likeness (QED) is 0.758. The lowest BCUT2D eigenvalue weighted by atomic mass is 10.1. The zero-order valence-electron chi connectivity index (χ0n) is 8.70. The summed E-state index contributed by atoms with van der Waals surface area (Å²) in [5, 5.41) is 3.19. The molecule has 15 heavy (non-hydrogen) atoms. The third kappa shape index (κ3) is 2.69. The van der Waals surface area contributed by atoms with Gasteiger partial charge >= 0.3 is 0 Å². The molecule has 2 heteroatoms. The molecule has 0 heterocycles. The highest BCUT2D eigenvalue weighted by molar-refractivity contribution is 5.97. The predicted octanol–water partition coefficient (Wildman–Crippen LogP) is 2.53. The summed E-state index contributed by atoms with van der Waals surface area (Å²) in [5.41, 5.74) is 2.00. The van der Waals surface area contributed by atoms with Crippen LogP contribution in [0.4, 0.5) is 0 Å². The fraction of sp³-hybridized carbons (Fsp3) is 0.308. The van der Waals surface area contributed by atoms with E-state index in [4.69, 9.17) is 0 Å². The molecule has 0 spiro atoms. The van der Waals surface area contributed by atoms with Crippen LogP contribution in [-0.4, -0.2) is 12.3 Å². The van der Waals surface area contributed by atoms with Crippen LogP contribution >= 0.6 is 0 Å². The monoisotopic (exact) mass is 201 g/mol. The van der Waals surface area contributed by atoms with Crippen LogP contribution in [0.1, 0.15) is 29.6 Å². The molecular formula is C13H15NO. The van der Waals surface area contributed by atoms with Gasteiger partial charge in [0.25, 0.3) is 0 Å². The standard InChI is InChI=1S/C13H15NO/c15-13(11-6-2-1-3-7-11)10-14-12-8-4-5-9-12/h1-3,6-8,14H,4-5,9-10H2. The fourth-order valence-corrected chi connectivity index (χ4v) is 1.75. The molecular weight excluding hydrogens is 186 g/mol. The van der Waals surface area contributed by atoms with E-state index in [1.165, 1.54) is 12.1 Å². The Morgan fingerprint density at radius 3 is 2.73 bits per heavy atom. The second kappa shape index (κ2) is 4.78. The van der Waals surface area contributed by atoms with Crippen molar-refractivity contribution in [2.45, 2.75) is 19.3 Å². The number of Topliss-reactive ketones (excluding diaryl/α,β-unsaturated/α-hetero) is 1. The van der Waals surface area contributed by atoms with Crippen LogP contribution in [0.3, 0.4) is 0 Å². The van der Waals surface area contributed by atoms with Gasteiger partial charge in [-0.25, -0.2) is 0 Å². The van der Waals surface area contributed by atoms with Gasteiger partial charge in [-0.1, -0.05) is 36.4 Å². The molecule has 0 aliphatic heterocycles. The number of hydrogen-bond acceptors (Lipinski definition) is 2. The normalized spacial score (nSPS) is 14.8. The Morgan fingerprint density at radius 1 is 1.27 bits per heavy atom. The molecule has 1 aromatic rings. The molecule has 1 aliphatic carbocycles. The van der Waals surface area contributed by atoms with E-state index in [-0.39, 0.29) is 5.78 Å². The summed E-state index contributed by atoms with van der Waals surface area (Å²) in [6, 6.07) is 9.41. The Balaban J connectivity index is 1.87. The van der Waals surface area contributed by atoms with Gasteiger partial charge in [0.05, 0.1) is 6.54 Å². The van der Waals surface area contributed by atoms with E-state index in [1.54, 1.807) is 0 Å². The SMILES string of the molecule is O=C(CNC1=CCCC1)c1ccccc1. The Bertz CT molecular complexity index is 367. The second-order valence-electron chi connectivity index (χ2n) is 3.76. The second-order valence-corrected chi connectivity index (χ2v) is 3.76. The Hall–Kier alpha value is -1.57. The van der Waals surface area contributed by atoms with Gasteiger partial charge in [0.1, 0.15) is 0 Å². The average molecular weight is 201 g/mol. The van der Waals surface area contributed by atoms with E-state index < -0.39 is 0 Å². The molecule has 0 saturated carbocycles. The van der Waals surface area contributed by atoms with Gasteiger partial charge in [0.15, 0.2) is 5.78 Å². The van der Waals surface area contributed by atoms with Gasteiger partial charge in [0, 0.05) is 11.3 Å². The number of carbonyl (C=O) groups excluding carboxylic acids is 1. The zero-order valence-corrected chi connectivity index (χ0v) is 8.70. The topological polar surface area (TPSA) is 29.1 Å². The van der Waals surface area contributed by atoms with Gasteiger partial charge in [0.2, 0.25) is 0 Å². The maximum absolute atomic E-state index is 11.7. The molecule has 1 aromatic carbocycles. The summed E-state index contributed by atoms with van der Waals surface area (Å²) in [7, 11) is 0. The van der Waals surface area contributed by atoms with Crippen LogP contribution in [0.5, 0.6) is 0 Å². The highest BCUT2D eigenvalue weighted by atomic mass is 16.1. The molecule has 2 rings (SSSR count). The number of benzene rings is 1. The van der Waals surface area contributed by atoms with E-state index in [9.17, 15) is 4.79 Å². The number of carbonyl (C=O) groups is 1. The van der Waals surface area contributed by atoms with Crippen molar-refractivity contribution in [3.05, 3.63) is 47.7 Å². The first kappa shape index (κ1) is 9.97. The van der Waals surface area contributed by atoms with Gasteiger partial charge < -0.3 is 5.32 Å². The first-order valence-electron chi connectivity index (χ1n) is 5.37. The van der Waals surface area contributed by atoms with E-state index in [2.05, 4.69) is 11.4 Å². The van der Waals surface area contributed by atoms with E-state index in [0.29, 0.717) is 6.54 Å².